The predicted octanol–water partition coefficient (Wildman–Crippen LogP) is 1.73. The molecule has 0 aromatic carbocycles. The maximum absolute atomic E-state index is 11.0. The van der Waals surface area contributed by atoms with Crippen LogP contribution in [0.5, 0.6) is 0 Å². The molecular weight excluding hydrogens is 264 g/mol. The van der Waals surface area contributed by atoms with Crippen molar-refractivity contribution in [1.82, 2.24) is 15.1 Å². The molecule has 0 spiro atoms. The average Bonchev–Trinajstić information content (AvgIpc) is 2.82. The van der Waals surface area contributed by atoms with E-state index < -0.39 is 4.92 Å². The van der Waals surface area contributed by atoms with Crippen molar-refractivity contribution in [2.75, 3.05) is 17.2 Å². The van der Waals surface area contributed by atoms with Gasteiger partial charge in [0.1, 0.15) is 5.82 Å². The van der Waals surface area contributed by atoms with Crippen LogP contribution in [0.3, 0.4) is 0 Å². The Morgan fingerprint density at radius 3 is 2.75 bits per heavy atom. The number of nitro groups is 1. The van der Waals surface area contributed by atoms with Gasteiger partial charge in [0.2, 0.25) is 11.7 Å². The topological polar surface area (TPSA) is 119 Å². The average molecular weight is 278 g/mol. The number of nitrogens with one attached hydrogen (secondary N) is 2. The molecule has 0 aliphatic rings. The summed E-state index contributed by atoms with van der Waals surface area (Å²) in [5.74, 6) is 1.56. The first kappa shape index (κ1) is 13.7. The third-order valence-corrected chi connectivity index (χ3v) is 2.41. The molecule has 0 fully saturated rings. The summed E-state index contributed by atoms with van der Waals surface area (Å²) in [5, 5.41) is 20.4. The highest BCUT2D eigenvalue weighted by Crippen LogP contribution is 2.24. The molecular formula is C11H14N6O3. The van der Waals surface area contributed by atoms with Gasteiger partial charge in [-0.3, -0.25) is 10.1 Å². The summed E-state index contributed by atoms with van der Waals surface area (Å²) >= 11 is 0. The van der Waals surface area contributed by atoms with Crippen molar-refractivity contribution >= 4 is 17.3 Å². The van der Waals surface area contributed by atoms with Gasteiger partial charge in [-0.25, -0.2) is 4.98 Å². The summed E-state index contributed by atoms with van der Waals surface area (Å²) in [6.45, 7) is 4.45. The quantitative estimate of drug-likeness (QED) is 0.605. The zero-order chi connectivity index (χ0) is 14.5. The van der Waals surface area contributed by atoms with Gasteiger partial charge in [0, 0.05) is 12.6 Å². The van der Waals surface area contributed by atoms with Crippen molar-refractivity contribution in [2.24, 2.45) is 0 Å². The Hall–Kier alpha value is -2.71. The number of aryl methyl sites for hydroxylation is 1. The molecule has 20 heavy (non-hydrogen) atoms. The molecule has 0 bridgehead atoms. The van der Waals surface area contributed by atoms with Crippen molar-refractivity contribution in [3.05, 3.63) is 34.0 Å². The largest absolute Gasteiger partial charge is 0.370 e. The fraction of sp³-hybridized carbons (Fsp3) is 0.364. The third kappa shape index (κ3) is 3.19. The number of hydrogen-bond donors (Lipinski definition) is 2. The summed E-state index contributed by atoms with van der Waals surface area (Å²) in [7, 11) is 0. The minimum atomic E-state index is -0.496. The minimum absolute atomic E-state index is 0.108. The Morgan fingerprint density at radius 1 is 1.35 bits per heavy atom. The normalized spacial score (nSPS) is 10.3. The molecule has 0 unspecified atom stereocenters. The van der Waals surface area contributed by atoms with Gasteiger partial charge in [0.15, 0.2) is 5.82 Å². The molecule has 2 aromatic rings. The molecule has 0 saturated carbocycles. The number of nitrogens with zero attached hydrogens (tertiary/aromatic N) is 4. The minimum Gasteiger partial charge on any atom is -0.370 e. The Labute approximate surface area is 114 Å². The smallest absolute Gasteiger partial charge is 0.311 e. The molecule has 0 aliphatic heterocycles. The molecule has 0 saturated heterocycles. The molecule has 2 rings (SSSR count). The molecule has 0 radical (unpaired) electrons. The lowest BCUT2D eigenvalue weighted by Crippen LogP contribution is -2.07. The fourth-order valence-corrected chi connectivity index (χ4v) is 1.58. The zero-order valence-corrected chi connectivity index (χ0v) is 11.1. The van der Waals surface area contributed by atoms with Crippen LogP contribution in [-0.2, 0) is 6.54 Å². The lowest BCUT2D eigenvalue weighted by atomic mass is 10.3. The summed E-state index contributed by atoms with van der Waals surface area (Å²) in [6, 6.07) is 2.95. The van der Waals surface area contributed by atoms with E-state index in [0.717, 1.165) is 0 Å². The first-order valence-corrected chi connectivity index (χ1v) is 6.02. The Bertz CT molecular complexity index is 612. The van der Waals surface area contributed by atoms with E-state index >= 15 is 0 Å². The molecule has 2 aromatic heterocycles. The second kappa shape index (κ2) is 5.95. The van der Waals surface area contributed by atoms with Crippen LogP contribution in [0, 0.1) is 17.0 Å². The first-order chi connectivity index (χ1) is 9.60. The highest BCUT2D eigenvalue weighted by molar-refractivity contribution is 5.60. The SMILES string of the molecule is CCNc1ccc([N+](=O)[O-])c(NCc2nc(C)no2)n1. The molecule has 0 aliphatic carbocycles. The van der Waals surface area contributed by atoms with Crippen LogP contribution in [0.4, 0.5) is 17.3 Å². The van der Waals surface area contributed by atoms with Gasteiger partial charge in [-0.05, 0) is 19.9 Å². The summed E-state index contributed by atoms with van der Waals surface area (Å²) in [4.78, 5) is 18.6. The van der Waals surface area contributed by atoms with Gasteiger partial charge >= 0.3 is 5.69 Å². The number of hydrogen-bond acceptors (Lipinski definition) is 8. The molecule has 9 heteroatoms. The van der Waals surface area contributed by atoms with Gasteiger partial charge in [0.05, 0.1) is 11.5 Å². The van der Waals surface area contributed by atoms with Crippen LogP contribution >= 0.6 is 0 Å². The van der Waals surface area contributed by atoms with Crippen LogP contribution in [0.15, 0.2) is 16.7 Å². The monoisotopic (exact) mass is 278 g/mol. The van der Waals surface area contributed by atoms with E-state index in [1.165, 1.54) is 6.07 Å². The van der Waals surface area contributed by atoms with Crippen LogP contribution in [0.2, 0.25) is 0 Å². The van der Waals surface area contributed by atoms with Crippen molar-refractivity contribution < 1.29 is 9.45 Å². The van der Waals surface area contributed by atoms with Crippen LogP contribution in [-0.4, -0.2) is 26.6 Å². The van der Waals surface area contributed by atoms with Crippen LogP contribution in [0.1, 0.15) is 18.6 Å². The van der Waals surface area contributed by atoms with E-state index in [0.29, 0.717) is 24.1 Å². The molecule has 0 amide bonds. The van der Waals surface area contributed by atoms with Gasteiger partial charge in [-0.2, -0.15) is 4.98 Å². The van der Waals surface area contributed by atoms with E-state index in [1.807, 2.05) is 6.92 Å². The zero-order valence-electron chi connectivity index (χ0n) is 11.1. The van der Waals surface area contributed by atoms with E-state index in [2.05, 4.69) is 25.8 Å². The van der Waals surface area contributed by atoms with Gasteiger partial charge in [0.25, 0.3) is 0 Å². The molecule has 0 atom stereocenters. The van der Waals surface area contributed by atoms with E-state index in [4.69, 9.17) is 4.52 Å². The third-order valence-electron chi connectivity index (χ3n) is 2.41. The Balaban J connectivity index is 2.18. The van der Waals surface area contributed by atoms with E-state index in [9.17, 15) is 10.1 Å². The van der Waals surface area contributed by atoms with E-state index in [-0.39, 0.29) is 18.1 Å². The highest BCUT2D eigenvalue weighted by Gasteiger charge is 2.16. The molecule has 2 heterocycles. The second-order valence-corrected chi connectivity index (χ2v) is 3.94. The Morgan fingerprint density at radius 2 is 2.15 bits per heavy atom. The highest BCUT2D eigenvalue weighted by atomic mass is 16.6. The van der Waals surface area contributed by atoms with E-state index in [1.54, 1.807) is 13.0 Å². The lowest BCUT2D eigenvalue weighted by molar-refractivity contribution is -0.384. The van der Waals surface area contributed by atoms with Gasteiger partial charge in [-0.1, -0.05) is 5.16 Å². The molecule has 9 nitrogen and oxygen atoms in total. The van der Waals surface area contributed by atoms with Crippen molar-refractivity contribution in [3.8, 4) is 0 Å². The second-order valence-electron chi connectivity index (χ2n) is 3.94. The van der Waals surface area contributed by atoms with Crippen molar-refractivity contribution in [1.29, 1.82) is 0 Å². The predicted molar refractivity (Wildman–Crippen MR) is 71.4 cm³/mol. The van der Waals surface area contributed by atoms with Crippen LogP contribution in [0.25, 0.3) is 0 Å². The number of rotatable bonds is 6. The van der Waals surface area contributed by atoms with Gasteiger partial charge < -0.3 is 15.2 Å². The molecule has 106 valence electrons. The van der Waals surface area contributed by atoms with Crippen molar-refractivity contribution in [3.63, 3.8) is 0 Å². The summed E-state index contributed by atoms with van der Waals surface area (Å²) < 4.78 is 4.93. The fourth-order valence-electron chi connectivity index (χ4n) is 1.58. The first-order valence-electron chi connectivity index (χ1n) is 6.02. The number of anilines is 2. The van der Waals surface area contributed by atoms with Gasteiger partial charge in [-0.15, -0.1) is 0 Å². The van der Waals surface area contributed by atoms with Crippen LogP contribution < -0.4 is 10.6 Å². The molecule has 2 N–H and O–H groups in total. The maximum atomic E-state index is 11.0. The Kier molecular flexibility index (Phi) is 4.08. The standard InChI is InChI=1S/C11H14N6O3/c1-3-12-9-5-4-8(17(18)19)11(15-9)13-6-10-14-7(2)16-20-10/h4-5H,3,6H2,1-2H3,(H2,12,13,15). The van der Waals surface area contributed by atoms with Crippen molar-refractivity contribution in [2.45, 2.75) is 20.4 Å². The summed E-state index contributed by atoms with van der Waals surface area (Å²) in [5.41, 5.74) is -0.108. The maximum Gasteiger partial charge on any atom is 0.311 e. The summed E-state index contributed by atoms with van der Waals surface area (Å²) in [6.07, 6.45) is 0. The number of aromatic nitrogens is 3. The number of pyridine rings is 1. The lowest BCUT2D eigenvalue weighted by Gasteiger charge is -2.07.